The van der Waals surface area contributed by atoms with E-state index in [0.717, 1.165) is 46.8 Å². The lowest BCUT2D eigenvalue weighted by atomic mass is 10.1. The second-order valence-electron chi connectivity index (χ2n) is 6.22. The molecule has 2 aromatic heterocycles. The number of benzene rings is 1. The Bertz CT molecular complexity index is 973. The van der Waals surface area contributed by atoms with Crippen molar-refractivity contribution in [2.75, 3.05) is 5.75 Å². The summed E-state index contributed by atoms with van der Waals surface area (Å²) in [4.78, 5) is 20.4. The van der Waals surface area contributed by atoms with E-state index in [4.69, 9.17) is 4.98 Å². The first kappa shape index (κ1) is 16.6. The maximum Gasteiger partial charge on any atom is 0.263 e. The zero-order chi connectivity index (χ0) is 17.2. The second kappa shape index (κ2) is 7.18. The summed E-state index contributed by atoms with van der Waals surface area (Å²) in [5, 5.41) is 1.68. The van der Waals surface area contributed by atoms with Crippen LogP contribution in [-0.4, -0.2) is 15.3 Å². The van der Waals surface area contributed by atoms with Crippen LogP contribution in [0.15, 0.2) is 52.9 Å². The van der Waals surface area contributed by atoms with Crippen LogP contribution in [0.3, 0.4) is 0 Å². The van der Waals surface area contributed by atoms with E-state index in [1.54, 1.807) is 23.1 Å². The molecule has 0 fully saturated rings. The number of hydrogen-bond donors (Lipinski definition) is 0. The molecule has 3 aromatic rings. The van der Waals surface area contributed by atoms with Crippen LogP contribution in [0.5, 0.6) is 0 Å². The summed E-state index contributed by atoms with van der Waals surface area (Å²) in [5.41, 5.74) is 2.63. The predicted octanol–water partition coefficient (Wildman–Crippen LogP) is 4.47. The van der Waals surface area contributed by atoms with Crippen molar-refractivity contribution in [3.05, 3.63) is 69.3 Å². The number of aromatic nitrogens is 2. The molecule has 0 aliphatic heterocycles. The van der Waals surface area contributed by atoms with Gasteiger partial charge in [0, 0.05) is 17.2 Å². The summed E-state index contributed by atoms with van der Waals surface area (Å²) in [7, 11) is 0. The second-order valence-corrected chi connectivity index (χ2v) is 8.29. The van der Waals surface area contributed by atoms with Gasteiger partial charge in [0.2, 0.25) is 0 Å². The molecule has 0 unspecified atom stereocenters. The number of thioether (sulfide) groups is 1. The van der Waals surface area contributed by atoms with E-state index >= 15 is 0 Å². The highest BCUT2D eigenvalue weighted by Gasteiger charge is 2.23. The van der Waals surface area contributed by atoms with Crippen LogP contribution in [0.4, 0.5) is 0 Å². The van der Waals surface area contributed by atoms with Gasteiger partial charge in [-0.1, -0.05) is 48.2 Å². The Labute approximate surface area is 155 Å². The summed E-state index contributed by atoms with van der Waals surface area (Å²) in [6.07, 6.45) is 5.96. The summed E-state index contributed by atoms with van der Waals surface area (Å²) in [5.74, 6) is 0.758. The lowest BCUT2D eigenvalue weighted by Gasteiger charge is -2.12. The smallest absolute Gasteiger partial charge is 0.263 e. The summed E-state index contributed by atoms with van der Waals surface area (Å²) in [6, 6.07) is 10.3. The lowest BCUT2D eigenvalue weighted by molar-refractivity contribution is 0.596. The molecule has 4 rings (SSSR count). The number of rotatable bonds is 6. The molecule has 1 aromatic carbocycles. The van der Waals surface area contributed by atoms with E-state index in [9.17, 15) is 4.79 Å². The van der Waals surface area contributed by atoms with Crippen LogP contribution in [0.1, 0.15) is 22.4 Å². The van der Waals surface area contributed by atoms with Gasteiger partial charge in [-0.05, 0) is 36.8 Å². The first-order valence-electron chi connectivity index (χ1n) is 8.60. The molecule has 1 aliphatic carbocycles. The fourth-order valence-electron chi connectivity index (χ4n) is 3.38. The van der Waals surface area contributed by atoms with Crippen molar-refractivity contribution in [1.29, 1.82) is 0 Å². The maximum atomic E-state index is 13.2. The molecular formula is C20H20N2OS2. The third-order valence-corrected chi connectivity index (χ3v) is 6.74. The molecule has 128 valence electrons. The first-order valence-corrected chi connectivity index (χ1v) is 10.4. The fraction of sp³-hybridized carbons (Fsp3) is 0.300. The molecule has 3 nitrogen and oxygen atoms in total. The standard InChI is InChI=1S/C20H20N2OS2/c1-2-13-24-20-21-18-17(15-9-6-10-16(15)25-18)19(23)22(20)12-11-14-7-4-3-5-8-14/h2-5,7-8H,1,6,9-13H2. The normalized spacial score (nSPS) is 13.3. The minimum atomic E-state index is 0.131. The Morgan fingerprint density at radius 1 is 1.28 bits per heavy atom. The number of fused-ring (bicyclic) bond motifs is 3. The molecule has 5 heteroatoms. The first-order chi connectivity index (χ1) is 12.3. The third-order valence-electron chi connectivity index (χ3n) is 4.59. The van der Waals surface area contributed by atoms with E-state index in [0.29, 0.717) is 6.54 Å². The third kappa shape index (κ3) is 3.18. The van der Waals surface area contributed by atoms with E-state index in [1.807, 2.05) is 28.8 Å². The number of hydrogen-bond acceptors (Lipinski definition) is 4. The van der Waals surface area contributed by atoms with Crippen molar-refractivity contribution in [2.24, 2.45) is 0 Å². The number of aryl methyl sites for hydroxylation is 3. The maximum absolute atomic E-state index is 13.2. The van der Waals surface area contributed by atoms with Crippen molar-refractivity contribution in [1.82, 2.24) is 9.55 Å². The van der Waals surface area contributed by atoms with Crippen molar-refractivity contribution < 1.29 is 0 Å². The number of nitrogens with zero attached hydrogens (tertiary/aromatic N) is 2. The molecule has 2 heterocycles. The van der Waals surface area contributed by atoms with Gasteiger partial charge in [-0.3, -0.25) is 9.36 Å². The fourth-order valence-corrected chi connectivity index (χ4v) is 5.45. The summed E-state index contributed by atoms with van der Waals surface area (Å²) in [6.45, 7) is 4.45. The van der Waals surface area contributed by atoms with Gasteiger partial charge >= 0.3 is 0 Å². The van der Waals surface area contributed by atoms with Gasteiger partial charge < -0.3 is 0 Å². The van der Waals surface area contributed by atoms with Gasteiger partial charge in [-0.2, -0.15) is 0 Å². The van der Waals surface area contributed by atoms with E-state index in [-0.39, 0.29) is 5.56 Å². The van der Waals surface area contributed by atoms with Crippen molar-refractivity contribution in [2.45, 2.75) is 37.4 Å². The van der Waals surface area contributed by atoms with Gasteiger partial charge in [0.1, 0.15) is 4.83 Å². The number of thiophene rings is 1. The Morgan fingerprint density at radius 2 is 2.12 bits per heavy atom. The molecule has 0 spiro atoms. The molecule has 0 bridgehead atoms. The lowest BCUT2D eigenvalue weighted by Crippen LogP contribution is -2.24. The Kier molecular flexibility index (Phi) is 4.77. The molecule has 0 amide bonds. The summed E-state index contributed by atoms with van der Waals surface area (Å²) >= 11 is 3.30. The molecule has 1 aliphatic rings. The van der Waals surface area contributed by atoms with Crippen LogP contribution in [-0.2, 0) is 25.8 Å². The minimum absolute atomic E-state index is 0.131. The largest absolute Gasteiger partial charge is 0.287 e. The Balaban J connectivity index is 1.77. The predicted molar refractivity (Wildman–Crippen MR) is 107 cm³/mol. The molecule has 0 saturated heterocycles. The van der Waals surface area contributed by atoms with Crippen LogP contribution in [0.25, 0.3) is 10.2 Å². The molecule has 0 saturated carbocycles. The van der Waals surface area contributed by atoms with Crippen molar-refractivity contribution in [3.63, 3.8) is 0 Å². The average Bonchev–Trinajstić information content (AvgIpc) is 3.20. The highest BCUT2D eigenvalue weighted by molar-refractivity contribution is 7.99. The van der Waals surface area contributed by atoms with Crippen molar-refractivity contribution >= 4 is 33.3 Å². The Hall–Kier alpha value is -1.85. The summed E-state index contributed by atoms with van der Waals surface area (Å²) < 4.78 is 1.87. The SMILES string of the molecule is C=CCSc1nc2sc3c(c2c(=O)n1CCc1ccccc1)CCC3. The molecule has 0 radical (unpaired) electrons. The van der Waals surface area contributed by atoms with E-state index < -0.39 is 0 Å². The Morgan fingerprint density at radius 3 is 2.92 bits per heavy atom. The van der Waals surface area contributed by atoms with Gasteiger partial charge in [-0.15, -0.1) is 17.9 Å². The van der Waals surface area contributed by atoms with E-state index in [2.05, 4.69) is 18.7 Å². The minimum Gasteiger partial charge on any atom is -0.287 e. The van der Waals surface area contributed by atoms with Gasteiger partial charge in [0.05, 0.1) is 5.39 Å². The highest BCUT2D eigenvalue weighted by atomic mass is 32.2. The zero-order valence-electron chi connectivity index (χ0n) is 14.0. The molecular weight excluding hydrogens is 348 g/mol. The van der Waals surface area contributed by atoms with Crippen molar-refractivity contribution in [3.8, 4) is 0 Å². The average molecular weight is 369 g/mol. The van der Waals surface area contributed by atoms with Gasteiger partial charge in [0.15, 0.2) is 5.16 Å². The van der Waals surface area contributed by atoms with Gasteiger partial charge in [-0.25, -0.2) is 4.98 Å². The van der Waals surface area contributed by atoms with E-state index in [1.165, 1.54) is 16.0 Å². The van der Waals surface area contributed by atoms with Crippen LogP contribution in [0, 0.1) is 0 Å². The topological polar surface area (TPSA) is 34.9 Å². The molecule has 0 atom stereocenters. The molecule has 0 N–H and O–H groups in total. The zero-order valence-corrected chi connectivity index (χ0v) is 15.7. The van der Waals surface area contributed by atoms with Crippen LogP contribution >= 0.6 is 23.1 Å². The highest BCUT2D eigenvalue weighted by Crippen LogP contribution is 2.35. The monoisotopic (exact) mass is 368 g/mol. The molecule has 25 heavy (non-hydrogen) atoms. The quantitative estimate of drug-likeness (QED) is 0.366. The van der Waals surface area contributed by atoms with Crippen LogP contribution < -0.4 is 5.56 Å². The van der Waals surface area contributed by atoms with Gasteiger partial charge in [0.25, 0.3) is 5.56 Å². The van der Waals surface area contributed by atoms with Crippen LogP contribution in [0.2, 0.25) is 0 Å².